The summed E-state index contributed by atoms with van der Waals surface area (Å²) in [5, 5.41) is 0.626. The van der Waals surface area contributed by atoms with Gasteiger partial charge in [-0.25, -0.2) is 0 Å². The van der Waals surface area contributed by atoms with Gasteiger partial charge in [0, 0.05) is 11.1 Å². The summed E-state index contributed by atoms with van der Waals surface area (Å²) in [5.74, 6) is 3.09. The van der Waals surface area contributed by atoms with Crippen molar-refractivity contribution in [1.82, 2.24) is 0 Å². The van der Waals surface area contributed by atoms with Crippen LogP contribution in [0.5, 0.6) is 0 Å². The van der Waals surface area contributed by atoms with Crippen molar-refractivity contribution in [3.63, 3.8) is 0 Å². The highest BCUT2D eigenvalue weighted by Gasteiger charge is 1.93. The summed E-state index contributed by atoms with van der Waals surface area (Å²) in [6.45, 7) is 4.39. The van der Waals surface area contributed by atoms with Gasteiger partial charge in [0.05, 0.1) is 0 Å². The Labute approximate surface area is 80.3 Å². The fraction of sp³-hybridized carbons (Fsp3) is 0.455. The van der Waals surface area contributed by atoms with Crippen LogP contribution < -0.4 is 0 Å². The van der Waals surface area contributed by atoms with Crippen molar-refractivity contribution in [2.24, 2.45) is 5.92 Å². The Morgan fingerprint density at radius 1 is 1.67 bits per heavy atom. The molecule has 0 saturated heterocycles. The molecule has 0 aliphatic heterocycles. The van der Waals surface area contributed by atoms with Gasteiger partial charge in [-0.15, -0.1) is 6.42 Å². The van der Waals surface area contributed by atoms with Gasteiger partial charge in [-0.2, -0.15) is 0 Å². The van der Waals surface area contributed by atoms with E-state index in [0.29, 0.717) is 5.03 Å². The molecule has 66 valence electrons. The van der Waals surface area contributed by atoms with Gasteiger partial charge in [-0.3, -0.25) is 0 Å². The van der Waals surface area contributed by atoms with E-state index in [1.807, 2.05) is 6.08 Å². The SMILES string of the molecule is C#C/C=C(Cl)\C=C/CC(C)CC. The summed E-state index contributed by atoms with van der Waals surface area (Å²) in [6, 6.07) is 0. The van der Waals surface area contributed by atoms with Gasteiger partial charge in [0.2, 0.25) is 0 Å². The topological polar surface area (TPSA) is 0 Å². The van der Waals surface area contributed by atoms with E-state index >= 15 is 0 Å². The summed E-state index contributed by atoms with van der Waals surface area (Å²) >= 11 is 5.74. The van der Waals surface area contributed by atoms with Crippen molar-refractivity contribution >= 4 is 11.6 Å². The second kappa shape index (κ2) is 7.00. The molecule has 0 saturated carbocycles. The summed E-state index contributed by atoms with van der Waals surface area (Å²) in [7, 11) is 0. The minimum atomic E-state index is 0.626. The van der Waals surface area contributed by atoms with E-state index in [1.165, 1.54) is 6.42 Å². The van der Waals surface area contributed by atoms with Crippen LogP contribution in [0.1, 0.15) is 26.7 Å². The molecule has 12 heavy (non-hydrogen) atoms. The number of terminal acetylenes is 1. The molecule has 0 amide bonds. The number of hydrogen-bond acceptors (Lipinski definition) is 0. The Kier molecular flexibility index (Phi) is 6.61. The largest absolute Gasteiger partial charge is 0.115 e. The van der Waals surface area contributed by atoms with Crippen LogP contribution in [-0.4, -0.2) is 0 Å². The summed E-state index contributed by atoms with van der Waals surface area (Å²) in [6.07, 6.45) is 12.8. The van der Waals surface area contributed by atoms with E-state index in [1.54, 1.807) is 6.08 Å². The first-order valence-electron chi connectivity index (χ1n) is 4.19. The fourth-order valence-electron chi connectivity index (χ4n) is 0.707. The third-order valence-electron chi connectivity index (χ3n) is 1.73. The Bertz CT molecular complexity index is 206. The van der Waals surface area contributed by atoms with Crippen LogP contribution in [0.4, 0.5) is 0 Å². The maximum Gasteiger partial charge on any atom is 0.0486 e. The van der Waals surface area contributed by atoms with Crippen molar-refractivity contribution in [3.8, 4) is 12.3 Å². The monoisotopic (exact) mass is 182 g/mol. The normalized spacial score (nSPS) is 14.7. The molecule has 0 radical (unpaired) electrons. The molecule has 0 aliphatic carbocycles. The molecule has 0 aliphatic rings. The number of allylic oxidation sites excluding steroid dienone is 4. The molecule has 1 unspecified atom stereocenters. The molecule has 0 fully saturated rings. The smallest absolute Gasteiger partial charge is 0.0486 e. The third kappa shape index (κ3) is 6.07. The van der Waals surface area contributed by atoms with Crippen LogP contribution in [0, 0.1) is 18.3 Å². The molecule has 0 aromatic rings. The molecule has 0 N–H and O–H groups in total. The van der Waals surface area contributed by atoms with E-state index in [9.17, 15) is 0 Å². The molecule has 0 aromatic carbocycles. The van der Waals surface area contributed by atoms with Crippen LogP contribution in [0.2, 0.25) is 0 Å². The van der Waals surface area contributed by atoms with Crippen molar-refractivity contribution < 1.29 is 0 Å². The Morgan fingerprint density at radius 3 is 2.83 bits per heavy atom. The number of halogens is 1. The summed E-state index contributed by atoms with van der Waals surface area (Å²) in [4.78, 5) is 0. The lowest BCUT2D eigenvalue weighted by molar-refractivity contribution is 0.572. The van der Waals surface area contributed by atoms with Crippen molar-refractivity contribution in [2.75, 3.05) is 0 Å². The quantitative estimate of drug-likeness (QED) is 0.459. The highest BCUT2D eigenvalue weighted by Crippen LogP contribution is 2.09. The van der Waals surface area contributed by atoms with Gasteiger partial charge in [-0.05, 0) is 18.4 Å². The minimum absolute atomic E-state index is 0.626. The van der Waals surface area contributed by atoms with Crippen molar-refractivity contribution in [1.29, 1.82) is 0 Å². The Hall–Kier alpha value is -0.670. The lowest BCUT2D eigenvalue weighted by Crippen LogP contribution is -1.87. The van der Waals surface area contributed by atoms with Crippen molar-refractivity contribution in [3.05, 3.63) is 23.3 Å². The molecular weight excluding hydrogens is 168 g/mol. The molecule has 0 nitrogen and oxygen atoms in total. The molecular formula is C11H15Cl. The third-order valence-corrected chi connectivity index (χ3v) is 1.97. The van der Waals surface area contributed by atoms with Crippen LogP contribution in [0.15, 0.2) is 23.3 Å². The van der Waals surface area contributed by atoms with Gasteiger partial charge in [0.25, 0.3) is 0 Å². The minimum Gasteiger partial charge on any atom is -0.115 e. The van der Waals surface area contributed by atoms with Crippen molar-refractivity contribution in [2.45, 2.75) is 26.7 Å². The first-order chi connectivity index (χ1) is 5.70. The standard InChI is InChI=1S/C11H15Cl/c1-4-7-11(12)9-6-8-10(3)5-2/h1,6-7,9-10H,5,8H2,2-3H3/b9-6-,11-7+. The second-order valence-electron chi connectivity index (χ2n) is 2.85. The highest BCUT2D eigenvalue weighted by molar-refractivity contribution is 6.31. The fourth-order valence-corrected chi connectivity index (χ4v) is 0.859. The highest BCUT2D eigenvalue weighted by atomic mass is 35.5. The Morgan fingerprint density at radius 2 is 2.33 bits per heavy atom. The maximum absolute atomic E-state index is 5.74. The molecule has 0 heterocycles. The predicted octanol–water partition coefficient (Wildman–Crippen LogP) is 3.73. The summed E-state index contributed by atoms with van der Waals surface area (Å²) < 4.78 is 0. The van der Waals surface area contributed by atoms with Gasteiger partial charge in [-0.1, -0.05) is 43.9 Å². The lowest BCUT2D eigenvalue weighted by atomic mass is 10.1. The molecule has 0 rings (SSSR count). The zero-order chi connectivity index (χ0) is 9.40. The molecule has 0 spiro atoms. The number of rotatable bonds is 4. The summed E-state index contributed by atoms with van der Waals surface area (Å²) in [5.41, 5.74) is 0. The average molecular weight is 183 g/mol. The molecule has 1 atom stereocenters. The number of hydrogen-bond donors (Lipinski definition) is 0. The molecule has 0 bridgehead atoms. The van der Waals surface area contributed by atoms with Crippen LogP contribution >= 0.6 is 11.6 Å². The van der Waals surface area contributed by atoms with E-state index < -0.39 is 0 Å². The van der Waals surface area contributed by atoms with E-state index in [4.69, 9.17) is 18.0 Å². The zero-order valence-electron chi connectivity index (χ0n) is 7.68. The van der Waals surface area contributed by atoms with Crippen LogP contribution in [0.25, 0.3) is 0 Å². The van der Waals surface area contributed by atoms with E-state index in [0.717, 1.165) is 12.3 Å². The van der Waals surface area contributed by atoms with Crippen LogP contribution in [-0.2, 0) is 0 Å². The van der Waals surface area contributed by atoms with Gasteiger partial charge in [0.1, 0.15) is 0 Å². The van der Waals surface area contributed by atoms with E-state index in [2.05, 4.69) is 25.8 Å². The maximum atomic E-state index is 5.74. The second-order valence-corrected chi connectivity index (χ2v) is 3.28. The van der Waals surface area contributed by atoms with E-state index in [-0.39, 0.29) is 0 Å². The van der Waals surface area contributed by atoms with Gasteiger partial charge >= 0.3 is 0 Å². The zero-order valence-corrected chi connectivity index (χ0v) is 8.43. The van der Waals surface area contributed by atoms with Gasteiger partial charge in [0.15, 0.2) is 0 Å². The van der Waals surface area contributed by atoms with Gasteiger partial charge < -0.3 is 0 Å². The average Bonchev–Trinajstić information content (AvgIpc) is 2.04. The predicted molar refractivity (Wildman–Crippen MR) is 56.0 cm³/mol. The molecule has 0 aromatic heterocycles. The Balaban J connectivity index is 3.78. The van der Waals surface area contributed by atoms with Crippen LogP contribution in [0.3, 0.4) is 0 Å². The first kappa shape index (κ1) is 11.3. The first-order valence-corrected chi connectivity index (χ1v) is 4.56. The molecule has 1 heteroatoms. The lowest BCUT2D eigenvalue weighted by Gasteiger charge is -2.01.